The van der Waals surface area contributed by atoms with Crippen LogP contribution in [0.4, 0.5) is 4.79 Å². The first-order chi connectivity index (χ1) is 8.24. The van der Waals surface area contributed by atoms with E-state index in [9.17, 15) is 4.79 Å². The van der Waals surface area contributed by atoms with Gasteiger partial charge in [-0.15, -0.1) is 0 Å². The molecule has 2 aliphatic heterocycles. The molecule has 92 valence electrons. The molecule has 17 heavy (non-hydrogen) atoms. The van der Waals surface area contributed by atoms with Gasteiger partial charge in [-0.25, -0.2) is 4.79 Å². The molecule has 6 heteroatoms. The molecular formula is C11H17N5O. The highest BCUT2D eigenvalue weighted by atomic mass is 16.2. The molecule has 3 heterocycles. The number of aryl methyl sites for hydroxylation is 1. The summed E-state index contributed by atoms with van der Waals surface area (Å²) in [5, 5.41) is 7.64. The van der Waals surface area contributed by atoms with Gasteiger partial charge in [-0.05, 0) is 6.07 Å². The van der Waals surface area contributed by atoms with Crippen molar-refractivity contribution in [2.75, 3.05) is 26.2 Å². The summed E-state index contributed by atoms with van der Waals surface area (Å²) in [7, 11) is 1.89. The van der Waals surface area contributed by atoms with Crippen molar-refractivity contribution < 1.29 is 4.79 Å². The van der Waals surface area contributed by atoms with E-state index in [1.165, 1.54) is 0 Å². The number of hydrogen-bond donors (Lipinski definition) is 1. The summed E-state index contributed by atoms with van der Waals surface area (Å²) < 4.78 is 1.77. The zero-order valence-electron chi connectivity index (χ0n) is 9.96. The molecule has 1 aromatic rings. The van der Waals surface area contributed by atoms with Crippen LogP contribution in [0.2, 0.25) is 0 Å². The van der Waals surface area contributed by atoms with Crippen LogP contribution in [-0.4, -0.2) is 57.8 Å². The summed E-state index contributed by atoms with van der Waals surface area (Å²) in [6.45, 7) is 4.06. The maximum atomic E-state index is 12.1. The lowest BCUT2D eigenvalue weighted by Crippen LogP contribution is -2.49. The van der Waals surface area contributed by atoms with E-state index in [2.05, 4.69) is 10.4 Å². The van der Waals surface area contributed by atoms with Crippen LogP contribution in [0.1, 0.15) is 5.69 Å². The van der Waals surface area contributed by atoms with Crippen molar-refractivity contribution in [2.24, 2.45) is 7.05 Å². The number of urea groups is 1. The van der Waals surface area contributed by atoms with E-state index >= 15 is 0 Å². The van der Waals surface area contributed by atoms with Crippen LogP contribution in [0.5, 0.6) is 0 Å². The molecule has 1 atom stereocenters. The molecule has 0 aromatic carbocycles. The minimum absolute atomic E-state index is 0.155. The van der Waals surface area contributed by atoms with E-state index in [0.717, 1.165) is 31.9 Å². The Morgan fingerprint density at radius 2 is 2.47 bits per heavy atom. The second kappa shape index (κ2) is 4.03. The zero-order valence-corrected chi connectivity index (χ0v) is 9.96. The van der Waals surface area contributed by atoms with Gasteiger partial charge in [0.25, 0.3) is 0 Å². The topological polar surface area (TPSA) is 53.4 Å². The second-order valence-electron chi connectivity index (χ2n) is 4.70. The van der Waals surface area contributed by atoms with E-state index in [1.54, 1.807) is 4.68 Å². The summed E-state index contributed by atoms with van der Waals surface area (Å²) in [5.74, 6) is 0. The summed E-state index contributed by atoms with van der Waals surface area (Å²) in [5.41, 5.74) is 0.952. The van der Waals surface area contributed by atoms with Crippen molar-refractivity contribution in [3.63, 3.8) is 0 Å². The lowest BCUT2D eigenvalue weighted by atomic mass is 10.2. The molecule has 3 rings (SSSR count). The fraction of sp³-hybridized carbons (Fsp3) is 0.636. The Kier molecular flexibility index (Phi) is 2.51. The Hall–Kier alpha value is -1.56. The smallest absolute Gasteiger partial charge is 0.317 e. The van der Waals surface area contributed by atoms with E-state index in [0.29, 0.717) is 12.6 Å². The largest absolute Gasteiger partial charge is 0.320 e. The number of aromatic nitrogens is 2. The van der Waals surface area contributed by atoms with E-state index < -0.39 is 0 Å². The molecule has 2 aliphatic rings. The molecule has 1 unspecified atom stereocenters. The van der Waals surface area contributed by atoms with Gasteiger partial charge in [-0.2, -0.15) is 5.10 Å². The summed E-state index contributed by atoms with van der Waals surface area (Å²) in [6, 6.07) is 2.45. The molecule has 0 spiro atoms. The molecule has 2 fully saturated rings. The van der Waals surface area contributed by atoms with Crippen molar-refractivity contribution >= 4 is 6.03 Å². The molecule has 0 bridgehead atoms. The quantitative estimate of drug-likeness (QED) is 0.761. The Labute approximate surface area is 100 Å². The third-order valence-corrected chi connectivity index (χ3v) is 3.42. The average molecular weight is 235 g/mol. The highest BCUT2D eigenvalue weighted by molar-refractivity contribution is 5.77. The highest BCUT2D eigenvalue weighted by Crippen LogP contribution is 2.19. The summed E-state index contributed by atoms with van der Waals surface area (Å²) in [6.07, 6.45) is 1.91. The van der Waals surface area contributed by atoms with Crippen molar-refractivity contribution in [1.29, 1.82) is 0 Å². The number of hydrogen-bond acceptors (Lipinski definition) is 3. The van der Waals surface area contributed by atoms with Crippen molar-refractivity contribution in [3.05, 3.63) is 18.0 Å². The Morgan fingerprint density at radius 3 is 3.18 bits per heavy atom. The van der Waals surface area contributed by atoms with Crippen molar-refractivity contribution in [1.82, 2.24) is 24.9 Å². The van der Waals surface area contributed by atoms with Crippen molar-refractivity contribution in [3.8, 4) is 0 Å². The first-order valence-corrected chi connectivity index (χ1v) is 5.99. The van der Waals surface area contributed by atoms with Gasteiger partial charge in [0.2, 0.25) is 0 Å². The highest BCUT2D eigenvalue weighted by Gasteiger charge is 2.38. The molecule has 0 saturated carbocycles. The molecule has 0 radical (unpaired) electrons. The fourth-order valence-electron chi connectivity index (χ4n) is 2.57. The number of piperazine rings is 1. The number of nitrogens with one attached hydrogen (secondary N) is 1. The number of carbonyl (C=O) groups excluding carboxylic acids is 1. The monoisotopic (exact) mass is 235 g/mol. The number of rotatable bonds is 2. The number of nitrogens with zero attached hydrogens (tertiary/aromatic N) is 4. The van der Waals surface area contributed by atoms with Crippen LogP contribution in [0.3, 0.4) is 0 Å². The fourth-order valence-corrected chi connectivity index (χ4v) is 2.57. The minimum atomic E-state index is 0.155. The van der Waals surface area contributed by atoms with Crippen LogP contribution in [0.25, 0.3) is 0 Å². The predicted octanol–water partition coefficient (Wildman–Crippen LogP) is -0.370. The number of carbonyl (C=O) groups is 1. The molecule has 1 aromatic heterocycles. The Bertz CT molecular complexity index is 429. The maximum absolute atomic E-state index is 12.1. The number of amides is 2. The maximum Gasteiger partial charge on any atom is 0.320 e. The van der Waals surface area contributed by atoms with Crippen molar-refractivity contribution in [2.45, 2.75) is 12.6 Å². The van der Waals surface area contributed by atoms with E-state index in [-0.39, 0.29) is 6.03 Å². The van der Waals surface area contributed by atoms with Gasteiger partial charge >= 0.3 is 6.03 Å². The van der Waals surface area contributed by atoms with E-state index in [4.69, 9.17) is 0 Å². The van der Waals surface area contributed by atoms with Crippen LogP contribution in [0, 0.1) is 0 Å². The van der Waals surface area contributed by atoms with E-state index in [1.807, 2.05) is 29.1 Å². The second-order valence-corrected chi connectivity index (χ2v) is 4.70. The van der Waals surface area contributed by atoms with Crippen LogP contribution < -0.4 is 5.32 Å². The Balaban J connectivity index is 1.70. The van der Waals surface area contributed by atoms with Gasteiger partial charge < -0.3 is 15.1 Å². The average Bonchev–Trinajstić information content (AvgIpc) is 2.86. The van der Waals surface area contributed by atoms with Crippen LogP contribution >= 0.6 is 0 Å². The van der Waals surface area contributed by atoms with Gasteiger partial charge in [0.1, 0.15) is 0 Å². The van der Waals surface area contributed by atoms with Gasteiger partial charge in [0.05, 0.1) is 18.3 Å². The summed E-state index contributed by atoms with van der Waals surface area (Å²) >= 11 is 0. The summed E-state index contributed by atoms with van der Waals surface area (Å²) in [4.78, 5) is 16.0. The normalized spacial score (nSPS) is 24.3. The molecule has 6 nitrogen and oxygen atoms in total. The molecule has 2 saturated heterocycles. The molecule has 1 N–H and O–H groups in total. The first-order valence-electron chi connectivity index (χ1n) is 5.99. The zero-order chi connectivity index (χ0) is 11.8. The third kappa shape index (κ3) is 1.88. The third-order valence-electron chi connectivity index (χ3n) is 3.42. The number of fused-ring (bicyclic) bond motifs is 1. The molecule has 0 aliphatic carbocycles. The van der Waals surface area contributed by atoms with Gasteiger partial charge in [-0.3, -0.25) is 4.68 Å². The minimum Gasteiger partial charge on any atom is -0.317 e. The lowest BCUT2D eigenvalue weighted by molar-refractivity contribution is 0.178. The van der Waals surface area contributed by atoms with Gasteiger partial charge in [-0.1, -0.05) is 0 Å². The van der Waals surface area contributed by atoms with Crippen LogP contribution in [0.15, 0.2) is 12.3 Å². The molecule has 2 amide bonds. The SMILES string of the molecule is Cn1ccc(CN2CC3CNCCN3C2=O)n1. The standard InChI is InChI=1S/C11H17N5O/c1-14-4-2-9(13-14)7-15-8-10-6-12-3-5-16(10)11(15)17/h2,4,10,12H,3,5-8H2,1H3. The predicted molar refractivity (Wildman–Crippen MR) is 62.4 cm³/mol. The van der Waals surface area contributed by atoms with Crippen LogP contribution in [-0.2, 0) is 13.6 Å². The molecular weight excluding hydrogens is 218 g/mol. The first kappa shape index (κ1) is 10.6. The Morgan fingerprint density at radius 1 is 1.59 bits per heavy atom. The van der Waals surface area contributed by atoms with Gasteiger partial charge in [0, 0.05) is 39.4 Å². The lowest BCUT2D eigenvalue weighted by Gasteiger charge is -2.28. The van der Waals surface area contributed by atoms with Gasteiger partial charge in [0.15, 0.2) is 0 Å².